The van der Waals surface area contributed by atoms with Gasteiger partial charge in [-0.15, -0.1) is 16.6 Å². The Hall–Kier alpha value is -6.39. The molecule has 25 heteroatoms. The van der Waals surface area contributed by atoms with Crippen LogP contribution in [0.25, 0.3) is 0 Å². The van der Waals surface area contributed by atoms with Crippen molar-refractivity contribution in [1.29, 1.82) is 0 Å². The smallest absolute Gasteiger partial charge is 0.247 e. The van der Waals surface area contributed by atoms with E-state index in [0.29, 0.717) is 149 Å². The fourth-order valence-corrected chi connectivity index (χ4v) is 6.50. The molecule has 5 heterocycles. The molecule has 2 aliphatic heterocycles. The van der Waals surface area contributed by atoms with Crippen molar-refractivity contribution in [3.8, 4) is 12.3 Å². The van der Waals surface area contributed by atoms with Gasteiger partial charge in [-0.2, -0.15) is 15.0 Å². The Labute approximate surface area is 360 Å². The lowest BCUT2D eigenvalue weighted by Crippen LogP contribution is -2.51. The molecule has 62 heavy (non-hydrogen) atoms. The average Bonchev–Trinajstić information content (AvgIpc) is 3.95. The minimum atomic E-state index is -0.533. The number of piperazine rings is 2. The Bertz CT molecular complexity index is 1940. The summed E-state index contributed by atoms with van der Waals surface area (Å²) >= 11 is 0. The summed E-state index contributed by atoms with van der Waals surface area (Å²) in [4.78, 5) is 56.9. The second-order valence-corrected chi connectivity index (χ2v) is 14.4. The average molecular weight is 865 g/mol. The van der Waals surface area contributed by atoms with E-state index in [4.69, 9.17) is 58.5 Å². The number of aliphatic imine (C=N–C) groups is 2. The van der Waals surface area contributed by atoms with Gasteiger partial charge in [0.2, 0.25) is 29.7 Å². The number of terminal acetylenes is 1. The molecular formula is C37H60N20O5. The maximum atomic E-state index is 13.6. The molecule has 0 bridgehead atoms. The number of aromatic nitrogens is 9. The first-order chi connectivity index (χ1) is 30.1. The lowest BCUT2D eigenvalue weighted by Gasteiger charge is -2.37. The van der Waals surface area contributed by atoms with Crippen LogP contribution in [0.2, 0.25) is 0 Å². The van der Waals surface area contributed by atoms with Crippen LogP contribution < -0.4 is 38.1 Å². The third kappa shape index (κ3) is 15.3. The SMILES string of the molecule is C#CCOCCOCCOCCNc1nc(N2CCN(C(=O)Cn3cc(CCCN=C(N)N)nn3)CC2)nc(N2CCN(C(=O)[C@H](C)n3cc(CCCN=C(N)N)nn3)CC2)n1. The number of anilines is 3. The Morgan fingerprint density at radius 2 is 1.31 bits per heavy atom. The molecule has 0 aromatic carbocycles. The maximum absolute atomic E-state index is 13.6. The summed E-state index contributed by atoms with van der Waals surface area (Å²) in [7, 11) is 0. The third-order valence-electron chi connectivity index (χ3n) is 9.83. The van der Waals surface area contributed by atoms with Crippen molar-refractivity contribution in [3.05, 3.63) is 23.8 Å². The molecule has 0 aliphatic carbocycles. The van der Waals surface area contributed by atoms with Gasteiger partial charge in [0.1, 0.15) is 19.2 Å². The number of aryl methyl sites for hydroxylation is 2. The summed E-state index contributed by atoms with van der Waals surface area (Å²) in [6.07, 6.45) is 11.4. The summed E-state index contributed by atoms with van der Waals surface area (Å²) in [5.74, 6) is 3.76. The molecule has 3 aromatic heterocycles. The molecule has 2 aliphatic rings. The molecule has 2 amide bonds. The summed E-state index contributed by atoms with van der Waals surface area (Å²) in [5, 5.41) is 20.0. The molecule has 0 spiro atoms. The Morgan fingerprint density at radius 3 is 1.90 bits per heavy atom. The number of hydrogen-bond donors (Lipinski definition) is 5. The van der Waals surface area contributed by atoms with Crippen molar-refractivity contribution < 1.29 is 23.8 Å². The number of ether oxygens (including phenoxy) is 3. The van der Waals surface area contributed by atoms with Crippen LogP contribution in [0.5, 0.6) is 0 Å². The highest BCUT2D eigenvalue weighted by Gasteiger charge is 2.29. The number of nitrogens with zero attached hydrogens (tertiary/aromatic N) is 15. The molecule has 0 radical (unpaired) electrons. The second kappa shape index (κ2) is 24.8. The molecule has 3 aromatic rings. The Kier molecular flexibility index (Phi) is 18.6. The summed E-state index contributed by atoms with van der Waals surface area (Å²) < 4.78 is 19.6. The van der Waals surface area contributed by atoms with Gasteiger partial charge in [0.25, 0.3) is 0 Å². The zero-order valence-corrected chi connectivity index (χ0v) is 35.4. The van der Waals surface area contributed by atoms with E-state index in [1.807, 2.05) is 21.6 Å². The molecule has 9 N–H and O–H groups in total. The summed E-state index contributed by atoms with van der Waals surface area (Å²) in [6, 6.07) is -0.533. The maximum Gasteiger partial charge on any atom is 0.247 e. The van der Waals surface area contributed by atoms with Gasteiger partial charge in [-0.05, 0) is 32.6 Å². The Morgan fingerprint density at radius 1 is 0.758 bits per heavy atom. The van der Waals surface area contributed by atoms with Crippen LogP contribution in [-0.2, 0) is 43.2 Å². The van der Waals surface area contributed by atoms with Crippen molar-refractivity contribution >= 4 is 41.6 Å². The normalized spacial score (nSPS) is 14.6. The van der Waals surface area contributed by atoms with Crippen molar-refractivity contribution in [2.45, 2.75) is 45.2 Å². The van der Waals surface area contributed by atoms with Gasteiger partial charge in [0, 0.05) is 84.4 Å². The number of carbonyl (C=O) groups excluding carboxylic acids is 2. The van der Waals surface area contributed by atoms with Crippen molar-refractivity contribution in [1.82, 2.24) is 54.7 Å². The highest BCUT2D eigenvalue weighted by molar-refractivity contribution is 5.80. The van der Waals surface area contributed by atoms with Gasteiger partial charge >= 0.3 is 0 Å². The van der Waals surface area contributed by atoms with E-state index in [9.17, 15) is 9.59 Å². The number of guanidine groups is 2. The molecule has 25 nitrogen and oxygen atoms in total. The highest BCUT2D eigenvalue weighted by atomic mass is 16.5. The number of hydrogen-bond acceptors (Lipinski definition) is 17. The standard InChI is InChI=1S/C37H60N20O5/c1-3-19-60-21-23-62-24-22-61-20-10-44-35-45-36(54-15-11-52(12-16-54)31(58)27-56-25-29(48-50-56)6-4-8-42-33(38)39)47-37(46-35)55-17-13-53(14-18-55)32(59)28(2)57-26-30(49-51-57)7-5-9-43-34(40)41/h1,25-26,28H,4-24,27H2,2H3,(H4,38,39,42)(H4,40,41,43)(H,44,45,46,47)/t28-/m0/s1. The quantitative estimate of drug-likeness (QED) is 0.0243. The number of nitrogens with one attached hydrogen (secondary N) is 1. The molecule has 338 valence electrons. The van der Waals surface area contributed by atoms with Crippen LogP contribution in [0, 0.1) is 12.3 Å². The lowest BCUT2D eigenvalue weighted by molar-refractivity contribution is -0.135. The molecule has 2 fully saturated rings. The number of nitrogens with two attached hydrogens (primary N) is 4. The monoisotopic (exact) mass is 865 g/mol. The fraction of sp³-hybridized carbons (Fsp3) is 0.649. The number of carbonyl (C=O) groups is 2. The first kappa shape index (κ1) is 46.7. The van der Waals surface area contributed by atoms with Crippen LogP contribution in [0.15, 0.2) is 22.4 Å². The minimum absolute atomic E-state index is 0.0501. The van der Waals surface area contributed by atoms with Gasteiger partial charge in [-0.3, -0.25) is 19.6 Å². The van der Waals surface area contributed by atoms with E-state index in [-0.39, 0.29) is 36.9 Å². The van der Waals surface area contributed by atoms with E-state index in [1.54, 1.807) is 26.7 Å². The zero-order valence-electron chi connectivity index (χ0n) is 35.4. The van der Waals surface area contributed by atoms with E-state index in [0.717, 1.165) is 11.4 Å². The molecule has 0 saturated carbocycles. The molecule has 2 saturated heterocycles. The van der Waals surface area contributed by atoms with E-state index in [2.05, 4.69) is 41.8 Å². The van der Waals surface area contributed by atoms with Crippen LogP contribution in [0.1, 0.15) is 37.2 Å². The molecule has 5 rings (SSSR count). The summed E-state index contributed by atoms with van der Waals surface area (Å²) in [5.41, 5.74) is 23.1. The number of amides is 2. The predicted octanol–water partition coefficient (Wildman–Crippen LogP) is -3.18. The first-order valence-electron chi connectivity index (χ1n) is 20.7. The predicted molar refractivity (Wildman–Crippen MR) is 230 cm³/mol. The first-order valence-corrected chi connectivity index (χ1v) is 20.7. The molecular weight excluding hydrogens is 805 g/mol. The molecule has 0 unspecified atom stereocenters. The van der Waals surface area contributed by atoms with Crippen LogP contribution in [-0.4, -0.2) is 190 Å². The fourth-order valence-electron chi connectivity index (χ4n) is 6.50. The summed E-state index contributed by atoms with van der Waals surface area (Å²) in [6.45, 7) is 9.56. The topological polar surface area (TPSA) is 316 Å². The zero-order chi connectivity index (χ0) is 44.1. The van der Waals surface area contributed by atoms with Gasteiger partial charge < -0.3 is 62.1 Å². The van der Waals surface area contributed by atoms with Gasteiger partial charge in [0.15, 0.2) is 11.9 Å². The van der Waals surface area contributed by atoms with Crippen LogP contribution >= 0.6 is 0 Å². The van der Waals surface area contributed by atoms with Crippen molar-refractivity contribution in [2.75, 3.05) is 127 Å². The third-order valence-corrected chi connectivity index (χ3v) is 9.83. The second-order valence-electron chi connectivity index (χ2n) is 14.4. The Balaban J connectivity index is 1.15. The van der Waals surface area contributed by atoms with E-state index in [1.165, 1.54) is 0 Å². The van der Waals surface area contributed by atoms with Crippen LogP contribution in [0.4, 0.5) is 17.8 Å². The van der Waals surface area contributed by atoms with Crippen molar-refractivity contribution in [3.63, 3.8) is 0 Å². The van der Waals surface area contributed by atoms with Crippen molar-refractivity contribution in [2.24, 2.45) is 32.9 Å². The lowest BCUT2D eigenvalue weighted by atomic mass is 10.2. The molecule has 1 atom stereocenters. The van der Waals surface area contributed by atoms with E-state index < -0.39 is 6.04 Å². The number of rotatable bonds is 25. The van der Waals surface area contributed by atoms with Gasteiger partial charge in [-0.1, -0.05) is 16.3 Å². The highest BCUT2D eigenvalue weighted by Crippen LogP contribution is 2.21. The minimum Gasteiger partial charge on any atom is -0.377 e. The van der Waals surface area contributed by atoms with E-state index >= 15 is 0 Å². The van der Waals surface area contributed by atoms with Gasteiger partial charge in [0.05, 0.1) is 44.4 Å². The largest absolute Gasteiger partial charge is 0.377 e. The van der Waals surface area contributed by atoms with Gasteiger partial charge in [-0.25, -0.2) is 9.36 Å². The van der Waals surface area contributed by atoms with Crippen LogP contribution in [0.3, 0.4) is 0 Å².